The number of rotatable bonds is 2. The van der Waals surface area contributed by atoms with Crippen molar-refractivity contribution in [3.05, 3.63) is 29.8 Å². The Kier molecular flexibility index (Phi) is 2.50. The molecule has 1 atom stereocenters. The third kappa shape index (κ3) is 2.22. The summed E-state index contributed by atoms with van der Waals surface area (Å²) >= 11 is 0. The molecule has 13 heavy (non-hydrogen) atoms. The molecule has 1 heterocycles. The fraction of sp³-hybridized carbons (Fsp3) is 0.455. The van der Waals surface area contributed by atoms with Crippen molar-refractivity contribution >= 4 is 0 Å². The van der Waals surface area contributed by atoms with Crippen molar-refractivity contribution in [3.8, 4) is 5.75 Å². The van der Waals surface area contributed by atoms with E-state index >= 15 is 0 Å². The van der Waals surface area contributed by atoms with E-state index in [0.29, 0.717) is 11.8 Å². The van der Waals surface area contributed by atoms with Crippen LogP contribution in [-0.4, -0.2) is 17.7 Å². The molecule has 1 fully saturated rings. The average molecular weight is 177 g/mol. The number of phenols is 1. The van der Waals surface area contributed by atoms with Crippen LogP contribution in [0.1, 0.15) is 18.4 Å². The predicted octanol–water partition coefficient (Wildman–Crippen LogP) is 1.69. The van der Waals surface area contributed by atoms with Crippen LogP contribution >= 0.6 is 0 Å². The zero-order valence-electron chi connectivity index (χ0n) is 7.66. The molecule has 1 saturated heterocycles. The number of benzene rings is 1. The molecule has 0 saturated carbocycles. The van der Waals surface area contributed by atoms with E-state index in [1.165, 1.54) is 18.4 Å². The number of phenolic OH excluding ortho intramolecular Hbond substituents is 1. The van der Waals surface area contributed by atoms with Gasteiger partial charge >= 0.3 is 0 Å². The molecule has 0 aromatic heterocycles. The highest BCUT2D eigenvalue weighted by atomic mass is 16.3. The lowest BCUT2D eigenvalue weighted by Crippen LogP contribution is -2.23. The van der Waals surface area contributed by atoms with Gasteiger partial charge in [-0.3, -0.25) is 0 Å². The Balaban J connectivity index is 1.97. The van der Waals surface area contributed by atoms with Crippen molar-refractivity contribution in [2.45, 2.75) is 25.3 Å². The molecular weight excluding hydrogens is 162 g/mol. The molecule has 2 nitrogen and oxygen atoms in total. The number of nitrogens with one attached hydrogen (secondary N) is 1. The number of aromatic hydroxyl groups is 1. The van der Waals surface area contributed by atoms with Crippen LogP contribution in [0.2, 0.25) is 0 Å². The fourth-order valence-corrected chi connectivity index (χ4v) is 1.85. The van der Waals surface area contributed by atoms with Gasteiger partial charge in [0, 0.05) is 6.04 Å². The van der Waals surface area contributed by atoms with E-state index in [9.17, 15) is 0 Å². The van der Waals surface area contributed by atoms with Gasteiger partial charge < -0.3 is 10.4 Å². The summed E-state index contributed by atoms with van der Waals surface area (Å²) in [4.78, 5) is 0. The van der Waals surface area contributed by atoms with E-state index < -0.39 is 0 Å². The minimum atomic E-state index is 0.350. The summed E-state index contributed by atoms with van der Waals surface area (Å²) in [5.74, 6) is 0.350. The summed E-state index contributed by atoms with van der Waals surface area (Å²) in [6.07, 6.45) is 3.66. The Morgan fingerprint density at radius 3 is 2.69 bits per heavy atom. The lowest BCUT2D eigenvalue weighted by molar-refractivity contribution is 0.475. The first-order valence-electron chi connectivity index (χ1n) is 4.86. The van der Waals surface area contributed by atoms with Crippen molar-refractivity contribution in [1.82, 2.24) is 5.32 Å². The molecule has 1 aromatic carbocycles. The second kappa shape index (κ2) is 3.79. The van der Waals surface area contributed by atoms with Crippen molar-refractivity contribution < 1.29 is 5.11 Å². The monoisotopic (exact) mass is 177 g/mol. The van der Waals surface area contributed by atoms with Crippen LogP contribution in [0.15, 0.2) is 24.3 Å². The summed E-state index contributed by atoms with van der Waals surface area (Å²) in [7, 11) is 0. The minimum Gasteiger partial charge on any atom is -0.508 e. The van der Waals surface area contributed by atoms with E-state index in [1.54, 1.807) is 12.1 Å². The van der Waals surface area contributed by atoms with E-state index in [2.05, 4.69) is 5.32 Å². The van der Waals surface area contributed by atoms with E-state index in [1.807, 2.05) is 12.1 Å². The van der Waals surface area contributed by atoms with Gasteiger partial charge in [-0.15, -0.1) is 0 Å². The van der Waals surface area contributed by atoms with Gasteiger partial charge in [0.25, 0.3) is 0 Å². The molecule has 0 amide bonds. The van der Waals surface area contributed by atoms with Crippen LogP contribution in [0, 0.1) is 0 Å². The molecule has 0 bridgehead atoms. The van der Waals surface area contributed by atoms with Gasteiger partial charge in [-0.25, -0.2) is 0 Å². The SMILES string of the molecule is Oc1ccc(CC2CCCN2)cc1. The standard InChI is InChI=1S/C11H15NO/c13-11-5-3-9(4-6-11)8-10-2-1-7-12-10/h3-6,10,12-13H,1-2,7-8H2. The Bertz CT molecular complexity index is 262. The molecule has 1 aromatic rings. The summed E-state index contributed by atoms with van der Waals surface area (Å²) in [5.41, 5.74) is 1.30. The van der Waals surface area contributed by atoms with Crippen LogP contribution in [0.4, 0.5) is 0 Å². The van der Waals surface area contributed by atoms with E-state index in [-0.39, 0.29) is 0 Å². The van der Waals surface area contributed by atoms with Crippen LogP contribution in [-0.2, 0) is 6.42 Å². The van der Waals surface area contributed by atoms with Gasteiger partial charge in [0.15, 0.2) is 0 Å². The highest BCUT2D eigenvalue weighted by Crippen LogP contribution is 2.14. The molecule has 0 spiro atoms. The normalized spacial score (nSPS) is 22.0. The molecule has 2 N–H and O–H groups in total. The van der Waals surface area contributed by atoms with Gasteiger partial charge in [-0.2, -0.15) is 0 Å². The Morgan fingerprint density at radius 1 is 1.31 bits per heavy atom. The zero-order chi connectivity index (χ0) is 9.10. The van der Waals surface area contributed by atoms with E-state index in [0.717, 1.165) is 13.0 Å². The van der Waals surface area contributed by atoms with Crippen molar-refractivity contribution in [3.63, 3.8) is 0 Å². The number of hydrogen-bond donors (Lipinski definition) is 2. The molecule has 0 aliphatic carbocycles. The zero-order valence-corrected chi connectivity index (χ0v) is 7.66. The van der Waals surface area contributed by atoms with Crippen LogP contribution < -0.4 is 5.32 Å². The molecule has 1 aliphatic heterocycles. The topological polar surface area (TPSA) is 32.3 Å². The van der Waals surface area contributed by atoms with Crippen LogP contribution in [0.25, 0.3) is 0 Å². The third-order valence-electron chi connectivity index (χ3n) is 2.58. The average Bonchev–Trinajstić information content (AvgIpc) is 2.62. The number of hydrogen-bond acceptors (Lipinski definition) is 2. The Labute approximate surface area is 78.6 Å². The van der Waals surface area contributed by atoms with Gasteiger partial charge in [0.1, 0.15) is 5.75 Å². The lowest BCUT2D eigenvalue weighted by atomic mass is 10.0. The van der Waals surface area contributed by atoms with Crippen molar-refractivity contribution in [2.75, 3.05) is 6.54 Å². The van der Waals surface area contributed by atoms with Gasteiger partial charge in [0.05, 0.1) is 0 Å². The maximum atomic E-state index is 9.10. The maximum Gasteiger partial charge on any atom is 0.115 e. The van der Waals surface area contributed by atoms with Crippen LogP contribution in [0.3, 0.4) is 0 Å². The first-order valence-corrected chi connectivity index (χ1v) is 4.86. The summed E-state index contributed by atoms with van der Waals surface area (Å²) < 4.78 is 0. The third-order valence-corrected chi connectivity index (χ3v) is 2.58. The summed E-state index contributed by atoms with van der Waals surface area (Å²) in [6, 6.07) is 8.14. The summed E-state index contributed by atoms with van der Waals surface area (Å²) in [6.45, 7) is 1.16. The highest BCUT2D eigenvalue weighted by Gasteiger charge is 2.13. The van der Waals surface area contributed by atoms with Crippen molar-refractivity contribution in [1.29, 1.82) is 0 Å². The highest BCUT2D eigenvalue weighted by molar-refractivity contribution is 5.26. The Morgan fingerprint density at radius 2 is 2.08 bits per heavy atom. The Hall–Kier alpha value is -1.02. The molecule has 1 aliphatic rings. The van der Waals surface area contributed by atoms with Crippen LogP contribution in [0.5, 0.6) is 5.75 Å². The maximum absolute atomic E-state index is 9.10. The first-order chi connectivity index (χ1) is 6.34. The molecule has 2 heteroatoms. The second-order valence-electron chi connectivity index (χ2n) is 3.66. The second-order valence-corrected chi connectivity index (χ2v) is 3.66. The largest absolute Gasteiger partial charge is 0.508 e. The first kappa shape index (κ1) is 8.57. The molecular formula is C11H15NO. The van der Waals surface area contributed by atoms with Gasteiger partial charge in [-0.05, 0) is 43.5 Å². The quantitative estimate of drug-likeness (QED) is 0.720. The van der Waals surface area contributed by atoms with E-state index in [4.69, 9.17) is 5.11 Å². The fourth-order valence-electron chi connectivity index (χ4n) is 1.85. The van der Waals surface area contributed by atoms with Crippen molar-refractivity contribution in [2.24, 2.45) is 0 Å². The molecule has 1 unspecified atom stereocenters. The van der Waals surface area contributed by atoms with Gasteiger partial charge in [-0.1, -0.05) is 12.1 Å². The van der Waals surface area contributed by atoms with Gasteiger partial charge in [0.2, 0.25) is 0 Å². The smallest absolute Gasteiger partial charge is 0.115 e. The summed E-state index contributed by atoms with van der Waals surface area (Å²) in [5, 5.41) is 12.6. The predicted molar refractivity (Wildman–Crippen MR) is 52.8 cm³/mol. The molecule has 2 rings (SSSR count). The molecule has 0 radical (unpaired) electrons. The molecule has 70 valence electrons. The minimum absolute atomic E-state index is 0.350. The lowest BCUT2D eigenvalue weighted by Gasteiger charge is -2.09.